The van der Waals surface area contributed by atoms with E-state index < -0.39 is 0 Å². The molecule has 29 heavy (non-hydrogen) atoms. The van der Waals surface area contributed by atoms with Crippen molar-refractivity contribution in [2.75, 3.05) is 0 Å². The minimum atomic E-state index is 0.607. The first kappa shape index (κ1) is 17.8. The van der Waals surface area contributed by atoms with Gasteiger partial charge in [-0.25, -0.2) is 9.13 Å². The molecule has 1 aromatic rings. The van der Waals surface area contributed by atoms with Crippen molar-refractivity contribution >= 4 is 0 Å². The monoisotopic (exact) mass is 393 g/mol. The summed E-state index contributed by atoms with van der Waals surface area (Å²) in [5.74, 6) is 6.32. The summed E-state index contributed by atoms with van der Waals surface area (Å²) < 4.78 is 5.29. The van der Waals surface area contributed by atoms with Gasteiger partial charge >= 0.3 is 0 Å². The zero-order valence-corrected chi connectivity index (χ0v) is 18.7. The Balaban J connectivity index is 1.15. The molecule has 0 N–H and O–H groups in total. The second-order valence-corrected chi connectivity index (χ2v) is 13.2. The topological polar surface area (TPSA) is 8.81 Å². The third-order valence-corrected chi connectivity index (χ3v) is 11.5. The molecule has 8 saturated carbocycles. The second kappa shape index (κ2) is 5.92. The lowest BCUT2D eigenvalue weighted by Crippen LogP contribution is -2.55. The maximum Gasteiger partial charge on any atom is 0.244 e. The van der Waals surface area contributed by atoms with Crippen molar-refractivity contribution in [2.45, 2.75) is 103 Å². The molecule has 8 fully saturated rings. The van der Waals surface area contributed by atoms with E-state index in [1.165, 1.54) is 38.5 Å². The number of hydrogen-bond donors (Lipinski definition) is 0. The zero-order chi connectivity index (χ0) is 19.4. The van der Waals surface area contributed by atoms with Crippen LogP contribution in [0, 0.1) is 46.3 Å². The first-order valence-electron chi connectivity index (χ1n) is 13.1. The van der Waals surface area contributed by atoms with Crippen LogP contribution in [0.3, 0.4) is 0 Å². The minimum Gasteiger partial charge on any atom is -0.234 e. The van der Waals surface area contributed by atoms with Gasteiger partial charge in [0, 0.05) is 10.8 Å². The Morgan fingerprint density at radius 1 is 0.690 bits per heavy atom. The molecule has 1 heterocycles. The zero-order valence-electron chi connectivity index (χ0n) is 18.7. The highest BCUT2D eigenvalue weighted by molar-refractivity contribution is 5.05. The normalized spacial score (nSPS) is 51.5. The number of rotatable bonds is 4. The number of imidazole rings is 1. The van der Waals surface area contributed by atoms with Gasteiger partial charge in [0.1, 0.15) is 24.5 Å². The van der Waals surface area contributed by atoms with Gasteiger partial charge in [-0.3, -0.25) is 0 Å². The summed E-state index contributed by atoms with van der Waals surface area (Å²) in [4.78, 5) is 0. The van der Waals surface area contributed by atoms with E-state index in [0.717, 1.165) is 35.5 Å². The molecule has 2 unspecified atom stereocenters. The Morgan fingerprint density at radius 3 is 1.55 bits per heavy atom. The molecule has 0 amide bonds. The smallest absolute Gasteiger partial charge is 0.234 e. The summed E-state index contributed by atoms with van der Waals surface area (Å²) in [6, 6.07) is 1.36. The first-order valence-corrected chi connectivity index (χ1v) is 13.1. The molecule has 1 aromatic heterocycles. The van der Waals surface area contributed by atoms with Crippen LogP contribution in [0.2, 0.25) is 0 Å². The fraction of sp³-hybridized carbons (Fsp3) is 0.889. The summed E-state index contributed by atoms with van der Waals surface area (Å²) in [6.07, 6.45) is 25.9. The highest BCUT2D eigenvalue weighted by Gasteiger charge is 2.56. The number of nitrogens with zero attached hydrogens (tertiary/aromatic N) is 2. The van der Waals surface area contributed by atoms with Gasteiger partial charge in [-0.1, -0.05) is 0 Å². The first-order chi connectivity index (χ1) is 14.0. The van der Waals surface area contributed by atoms with Crippen LogP contribution in [0.5, 0.6) is 0 Å². The van der Waals surface area contributed by atoms with Crippen LogP contribution in [0.25, 0.3) is 0 Å². The number of aromatic nitrogens is 2. The van der Waals surface area contributed by atoms with Gasteiger partial charge in [0.15, 0.2) is 0 Å². The highest BCUT2D eigenvalue weighted by atomic mass is 15.2. The van der Waals surface area contributed by atoms with E-state index in [9.17, 15) is 0 Å². The molecule has 2 nitrogen and oxygen atoms in total. The molecular formula is C27H41N2+. The Hall–Kier alpha value is -0.790. The van der Waals surface area contributed by atoms with Gasteiger partial charge < -0.3 is 0 Å². The van der Waals surface area contributed by atoms with Gasteiger partial charge in [-0.05, 0) is 126 Å². The molecule has 0 radical (unpaired) electrons. The van der Waals surface area contributed by atoms with Crippen LogP contribution in [0.15, 0.2) is 18.7 Å². The summed E-state index contributed by atoms with van der Waals surface area (Å²) in [6.45, 7) is 5.12. The average molecular weight is 394 g/mol. The molecule has 0 spiro atoms. The fourth-order valence-electron chi connectivity index (χ4n) is 10.9. The Morgan fingerprint density at radius 2 is 1.10 bits per heavy atom. The van der Waals surface area contributed by atoms with E-state index >= 15 is 0 Å². The lowest BCUT2D eigenvalue weighted by Gasteiger charge is -2.58. The maximum absolute atomic E-state index is 2.64. The van der Waals surface area contributed by atoms with Gasteiger partial charge in [0.25, 0.3) is 0 Å². The van der Waals surface area contributed by atoms with Crippen LogP contribution in [0.1, 0.15) is 103 Å². The summed E-state index contributed by atoms with van der Waals surface area (Å²) in [5, 5.41) is 0. The van der Waals surface area contributed by atoms with Crippen molar-refractivity contribution in [3.63, 3.8) is 0 Å². The van der Waals surface area contributed by atoms with Gasteiger partial charge in [-0.15, -0.1) is 0 Å². The van der Waals surface area contributed by atoms with Crippen LogP contribution in [-0.2, 0) is 0 Å². The third kappa shape index (κ3) is 2.56. The molecule has 158 valence electrons. The molecule has 2 heteroatoms. The quantitative estimate of drug-likeness (QED) is 0.529. The molecule has 9 rings (SSSR count). The summed E-state index contributed by atoms with van der Waals surface area (Å²) in [5.41, 5.74) is 1.21. The van der Waals surface area contributed by atoms with E-state index in [4.69, 9.17) is 0 Å². The lowest BCUT2D eigenvalue weighted by molar-refractivity contribution is -0.736. The Bertz CT molecular complexity index is 668. The van der Waals surface area contributed by atoms with Crippen molar-refractivity contribution in [1.29, 1.82) is 0 Å². The van der Waals surface area contributed by atoms with E-state index in [1.54, 1.807) is 38.5 Å². The van der Waals surface area contributed by atoms with Crippen LogP contribution >= 0.6 is 0 Å². The molecule has 0 aliphatic heterocycles. The predicted molar refractivity (Wildman–Crippen MR) is 115 cm³/mol. The van der Waals surface area contributed by atoms with Gasteiger partial charge in [0.2, 0.25) is 6.33 Å². The second-order valence-electron chi connectivity index (χ2n) is 13.2. The van der Waals surface area contributed by atoms with Crippen LogP contribution < -0.4 is 4.57 Å². The van der Waals surface area contributed by atoms with Gasteiger partial charge in [-0.2, -0.15) is 0 Å². The van der Waals surface area contributed by atoms with E-state index in [1.807, 2.05) is 0 Å². The molecule has 8 bridgehead atoms. The maximum atomic E-state index is 2.64. The molecule has 0 saturated heterocycles. The van der Waals surface area contributed by atoms with E-state index in [2.05, 4.69) is 41.7 Å². The fourth-order valence-corrected chi connectivity index (χ4v) is 10.9. The Kier molecular flexibility index (Phi) is 3.64. The van der Waals surface area contributed by atoms with Gasteiger partial charge in [0.05, 0.1) is 0 Å². The summed E-state index contributed by atoms with van der Waals surface area (Å²) in [7, 11) is 0. The third-order valence-electron chi connectivity index (χ3n) is 11.5. The predicted octanol–water partition coefficient (Wildman–Crippen LogP) is 6.33. The van der Waals surface area contributed by atoms with E-state index in [0.29, 0.717) is 22.9 Å². The van der Waals surface area contributed by atoms with Crippen LogP contribution in [0.4, 0.5) is 0 Å². The molecule has 8 aliphatic rings. The van der Waals surface area contributed by atoms with Crippen molar-refractivity contribution in [3.05, 3.63) is 18.7 Å². The van der Waals surface area contributed by atoms with Crippen LogP contribution in [-0.4, -0.2) is 4.57 Å². The Labute approximate surface area is 177 Å². The molecule has 2 atom stereocenters. The number of hydrogen-bond acceptors (Lipinski definition) is 0. The van der Waals surface area contributed by atoms with E-state index in [-0.39, 0.29) is 0 Å². The largest absolute Gasteiger partial charge is 0.244 e. The molecule has 0 aromatic carbocycles. The minimum absolute atomic E-state index is 0.607. The van der Waals surface area contributed by atoms with Crippen molar-refractivity contribution in [1.82, 2.24) is 4.57 Å². The molecular weight excluding hydrogens is 352 g/mol. The molecule has 8 aliphatic carbocycles. The van der Waals surface area contributed by atoms with Crippen molar-refractivity contribution in [2.24, 2.45) is 46.3 Å². The average Bonchev–Trinajstić information content (AvgIpc) is 3.14. The summed E-state index contributed by atoms with van der Waals surface area (Å²) >= 11 is 0. The highest BCUT2D eigenvalue weighted by Crippen LogP contribution is 2.64. The van der Waals surface area contributed by atoms with Crippen molar-refractivity contribution < 1.29 is 4.57 Å². The SMILES string of the molecule is CC(n1cc[n+](C(C)C23CC4CC(CC(C4)C2)C3)c1)C12CC3CC(CC(C3)C1)C2. The van der Waals surface area contributed by atoms with Crippen molar-refractivity contribution in [3.8, 4) is 0 Å². The standard InChI is InChI=1S/C27H41N2/c1-18(26-11-20-5-21(12-26)7-22(6-20)13-26)28-3-4-29(17-28)19(2)27-14-23-8-24(15-27)10-25(9-23)16-27/h3-4,17-25H,5-16H2,1-2H3/q+1. The lowest BCUT2D eigenvalue weighted by atomic mass is 9.48.